The molecule has 38 heavy (non-hydrogen) atoms. The number of rotatable bonds is 13. The lowest BCUT2D eigenvalue weighted by atomic mass is 10.0. The summed E-state index contributed by atoms with van der Waals surface area (Å²) in [7, 11) is 3.25. The van der Waals surface area contributed by atoms with Crippen LogP contribution in [0.1, 0.15) is 36.2 Å². The summed E-state index contributed by atoms with van der Waals surface area (Å²) in [5, 5.41) is 3.44. The zero-order valence-corrected chi connectivity index (χ0v) is 22.9. The van der Waals surface area contributed by atoms with Crippen molar-refractivity contribution in [3.05, 3.63) is 47.5 Å². The molecule has 2 aromatic rings. The number of nitrogens with one attached hydrogen (secondary N) is 1. The van der Waals surface area contributed by atoms with Crippen LogP contribution in [-0.2, 0) is 16.1 Å². The van der Waals surface area contributed by atoms with Crippen LogP contribution in [0, 0.1) is 5.92 Å². The van der Waals surface area contributed by atoms with Crippen LogP contribution >= 0.6 is 0 Å². The van der Waals surface area contributed by atoms with Crippen LogP contribution in [0.4, 0.5) is 0 Å². The Morgan fingerprint density at radius 3 is 2.71 bits per heavy atom. The lowest BCUT2D eigenvalue weighted by molar-refractivity contribution is 0.0114. The van der Waals surface area contributed by atoms with E-state index in [1.54, 1.807) is 32.4 Å². The first-order chi connectivity index (χ1) is 18.5. The lowest BCUT2D eigenvalue weighted by Crippen LogP contribution is -2.43. The van der Waals surface area contributed by atoms with Crippen LogP contribution in [-0.4, -0.2) is 83.2 Å². The summed E-state index contributed by atoms with van der Waals surface area (Å²) in [4.78, 5) is 15.6. The van der Waals surface area contributed by atoms with Crippen molar-refractivity contribution in [2.75, 3.05) is 60.3 Å². The Morgan fingerprint density at radius 2 is 1.92 bits per heavy atom. The zero-order chi connectivity index (χ0) is 26.9. The number of hydrogen-bond donors (Lipinski definition) is 1. The highest BCUT2D eigenvalue weighted by Gasteiger charge is 2.33. The van der Waals surface area contributed by atoms with E-state index in [9.17, 15) is 4.79 Å². The van der Waals surface area contributed by atoms with E-state index >= 15 is 0 Å². The Kier molecular flexibility index (Phi) is 10.1. The Morgan fingerprint density at radius 1 is 1.08 bits per heavy atom. The van der Waals surface area contributed by atoms with Gasteiger partial charge in [-0.05, 0) is 38.1 Å². The standard InChI is InChI=1S/C29H40N2O7/c1-20(2)31(29(32)21-9-10-24(34-4)26(15-21)35-12-6-11-33-3)18-23-16-30-17-27(23)38-19-22-7-5-8-25-28(22)37-14-13-36-25/h5,7-10,15,20,23,27,30H,6,11-14,16-19H2,1-4H3/t23-,27-/m0/s1. The summed E-state index contributed by atoms with van der Waals surface area (Å²) < 4.78 is 34.3. The van der Waals surface area contributed by atoms with Crippen LogP contribution in [0.15, 0.2) is 36.4 Å². The normalized spacial score (nSPS) is 18.4. The van der Waals surface area contributed by atoms with Crippen molar-refractivity contribution in [2.45, 2.75) is 39.0 Å². The van der Waals surface area contributed by atoms with Gasteiger partial charge in [-0.15, -0.1) is 0 Å². The third kappa shape index (κ3) is 6.89. The minimum Gasteiger partial charge on any atom is -0.493 e. The minimum atomic E-state index is -0.0438. The summed E-state index contributed by atoms with van der Waals surface area (Å²) >= 11 is 0. The summed E-state index contributed by atoms with van der Waals surface area (Å²) in [5.74, 6) is 2.79. The Bertz CT molecular complexity index is 1060. The molecule has 2 atom stereocenters. The smallest absolute Gasteiger partial charge is 0.254 e. The molecule has 1 amide bonds. The van der Waals surface area contributed by atoms with Gasteiger partial charge in [-0.2, -0.15) is 0 Å². The first-order valence-corrected chi connectivity index (χ1v) is 13.3. The molecule has 2 aromatic carbocycles. The van der Waals surface area contributed by atoms with Crippen LogP contribution in [0.25, 0.3) is 0 Å². The highest BCUT2D eigenvalue weighted by Crippen LogP contribution is 2.34. The zero-order valence-electron chi connectivity index (χ0n) is 22.9. The van der Waals surface area contributed by atoms with Crippen molar-refractivity contribution < 1.29 is 33.2 Å². The van der Waals surface area contributed by atoms with E-state index < -0.39 is 0 Å². The molecular formula is C29H40N2O7. The van der Waals surface area contributed by atoms with Gasteiger partial charge in [0, 0.05) is 62.9 Å². The maximum atomic E-state index is 13.7. The van der Waals surface area contributed by atoms with E-state index in [0.717, 1.165) is 36.6 Å². The van der Waals surface area contributed by atoms with Gasteiger partial charge in [-0.3, -0.25) is 4.79 Å². The first kappa shape index (κ1) is 28.0. The third-order valence-corrected chi connectivity index (χ3v) is 6.85. The molecule has 0 unspecified atom stereocenters. The molecule has 4 rings (SSSR count). The number of hydrogen-bond acceptors (Lipinski definition) is 8. The van der Waals surface area contributed by atoms with E-state index in [1.807, 2.05) is 36.9 Å². The van der Waals surface area contributed by atoms with E-state index in [2.05, 4.69) is 5.32 Å². The number of ether oxygens (including phenoxy) is 6. The summed E-state index contributed by atoms with van der Waals surface area (Å²) in [6, 6.07) is 11.2. The molecule has 2 heterocycles. The third-order valence-electron chi connectivity index (χ3n) is 6.85. The Labute approximate surface area is 225 Å². The Balaban J connectivity index is 1.42. The average Bonchev–Trinajstić information content (AvgIpc) is 3.39. The van der Waals surface area contributed by atoms with Gasteiger partial charge in [-0.1, -0.05) is 12.1 Å². The number of benzene rings is 2. The highest BCUT2D eigenvalue weighted by molar-refractivity contribution is 5.95. The van der Waals surface area contributed by atoms with Gasteiger partial charge in [0.05, 0.1) is 26.4 Å². The maximum absolute atomic E-state index is 13.7. The molecule has 0 aromatic heterocycles. The van der Waals surface area contributed by atoms with E-state index in [4.69, 9.17) is 28.4 Å². The molecule has 1 fully saturated rings. The number of amides is 1. The van der Waals surface area contributed by atoms with Crippen LogP contribution in [0.5, 0.6) is 23.0 Å². The summed E-state index contributed by atoms with van der Waals surface area (Å²) in [6.45, 7) is 8.77. The molecule has 1 N–H and O–H groups in total. The first-order valence-electron chi connectivity index (χ1n) is 13.3. The SMILES string of the molecule is COCCCOc1cc(C(=O)N(C[C@@H]2CNC[C@@H]2OCc2cccc3c2OCCO3)C(C)C)ccc1OC. The van der Waals surface area contributed by atoms with Crippen molar-refractivity contribution in [3.8, 4) is 23.0 Å². The van der Waals surface area contributed by atoms with Crippen LogP contribution in [0.3, 0.4) is 0 Å². The topological polar surface area (TPSA) is 87.7 Å². The van der Waals surface area contributed by atoms with Gasteiger partial charge in [0.2, 0.25) is 0 Å². The fourth-order valence-electron chi connectivity index (χ4n) is 4.79. The molecular weight excluding hydrogens is 488 g/mol. The number of carbonyl (C=O) groups excluding carboxylic acids is 1. The Hall–Kier alpha value is -3.01. The summed E-state index contributed by atoms with van der Waals surface area (Å²) in [5.41, 5.74) is 1.54. The summed E-state index contributed by atoms with van der Waals surface area (Å²) in [6.07, 6.45) is 0.719. The second-order valence-electron chi connectivity index (χ2n) is 9.82. The largest absolute Gasteiger partial charge is 0.493 e. The monoisotopic (exact) mass is 528 g/mol. The van der Waals surface area contributed by atoms with Gasteiger partial charge in [-0.25, -0.2) is 0 Å². The fraction of sp³-hybridized carbons (Fsp3) is 0.552. The molecule has 9 heteroatoms. The predicted molar refractivity (Wildman–Crippen MR) is 144 cm³/mol. The van der Waals surface area contributed by atoms with Crippen molar-refractivity contribution in [2.24, 2.45) is 5.92 Å². The number of fused-ring (bicyclic) bond motifs is 1. The second kappa shape index (κ2) is 13.7. The number of carbonyl (C=O) groups is 1. The van der Waals surface area contributed by atoms with Crippen LogP contribution in [0.2, 0.25) is 0 Å². The fourth-order valence-corrected chi connectivity index (χ4v) is 4.79. The van der Waals surface area contributed by atoms with Crippen LogP contribution < -0.4 is 24.3 Å². The van der Waals surface area contributed by atoms with Gasteiger partial charge in [0.1, 0.15) is 13.2 Å². The minimum absolute atomic E-state index is 0.0172. The molecule has 2 aliphatic heterocycles. The molecule has 1 saturated heterocycles. The average molecular weight is 529 g/mol. The molecule has 208 valence electrons. The van der Waals surface area contributed by atoms with E-state index in [0.29, 0.717) is 56.6 Å². The van der Waals surface area contributed by atoms with Crippen molar-refractivity contribution in [1.29, 1.82) is 0 Å². The number of methoxy groups -OCH3 is 2. The molecule has 0 radical (unpaired) electrons. The maximum Gasteiger partial charge on any atom is 0.254 e. The molecule has 2 aliphatic rings. The number of nitrogens with zero attached hydrogens (tertiary/aromatic N) is 1. The predicted octanol–water partition coefficient (Wildman–Crippen LogP) is 3.54. The quantitative estimate of drug-likeness (QED) is 0.395. The second-order valence-corrected chi connectivity index (χ2v) is 9.82. The molecule has 0 saturated carbocycles. The van der Waals surface area contributed by atoms with Gasteiger partial charge < -0.3 is 38.6 Å². The molecule has 0 bridgehead atoms. The molecule has 9 nitrogen and oxygen atoms in total. The van der Waals surface area contributed by atoms with E-state index in [-0.39, 0.29) is 24.0 Å². The van der Waals surface area contributed by atoms with Crippen molar-refractivity contribution in [1.82, 2.24) is 10.2 Å². The van der Waals surface area contributed by atoms with Crippen molar-refractivity contribution >= 4 is 5.91 Å². The lowest BCUT2D eigenvalue weighted by Gasteiger charge is -2.32. The van der Waals surface area contributed by atoms with Gasteiger partial charge in [0.15, 0.2) is 23.0 Å². The van der Waals surface area contributed by atoms with Crippen molar-refractivity contribution in [3.63, 3.8) is 0 Å². The number of para-hydroxylation sites is 1. The van der Waals surface area contributed by atoms with E-state index in [1.165, 1.54) is 0 Å². The van der Waals surface area contributed by atoms with Gasteiger partial charge in [0.25, 0.3) is 5.91 Å². The molecule has 0 aliphatic carbocycles. The molecule has 0 spiro atoms. The highest BCUT2D eigenvalue weighted by atomic mass is 16.6. The van der Waals surface area contributed by atoms with Gasteiger partial charge >= 0.3 is 0 Å².